The van der Waals surface area contributed by atoms with Crippen LogP contribution in [-0.4, -0.2) is 32.5 Å². The van der Waals surface area contributed by atoms with Crippen molar-refractivity contribution in [3.63, 3.8) is 0 Å². The largest absolute Gasteiger partial charge is 0.478 e. The fourth-order valence-electron chi connectivity index (χ4n) is 4.49. The average Bonchev–Trinajstić information content (AvgIpc) is 3.41. The molecule has 5 rings (SSSR count). The second-order valence-corrected chi connectivity index (χ2v) is 7.75. The van der Waals surface area contributed by atoms with Gasteiger partial charge in [-0.15, -0.1) is 0 Å². The fourth-order valence-corrected chi connectivity index (χ4v) is 4.49. The summed E-state index contributed by atoms with van der Waals surface area (Å²) in [5.41, 5.74) is 4.70. The van der Waals surface area contributed by atoms with Gasteiger partial charge in [-0.05, 0) is 48.9 Å². The maximum Gasteiger partial charge on any atom is 0.340 e. The van der Waals surface area contributed by atoms with Gasteiger partial charge in [0.25, 0.3) is 0 Å². The normalized spacial score (nSPS) is 12.2. The Labute approximate surface area is 190 Å². The fraction of sp³-hybridized carbons (Fsp3) is 0.111. The van der Waals surface area contributed by atoms with Crippen LogP contribution in [-0.2, 0) is 4.74 Å². The Hall–Kier alpha value is -4.32. The maximum atomic E-state index is 12.8. The van der Waals surface area contributed by atoms with Crippen LogP contribution in [0.1, 0.15) is 50.5 Å². The standard InChI is InChI=1S/C27H22N2O4/c1-2-33-27(32)20-17-24(29-15-9-7-13-22(20)29)25(18-10-4-3-5-11-18)23-16-19(26(30)31)21-12-6-8-14-28(21)23/h3-17,25H,2H2,1H3,(H,30,31). The Morgan fingerprint density at radius 1 is 0.818 bits per heavy atom. The first-order valence-electron chi connectivity index (χ1n) is 10.8. The van der Waals surface area contributed by atoms with Gasteiger partial charge in [0.2, 0.25) is 0 Å². The summed E-state index contributed by atoms with van der Waals surface area (Å²) in [7, 11) is 0. The summed E-state index contributed by atoms with van der Waals surface area (Å²) in [6.45, 7) is 2.07. The van der Waals surface area contributed by atoms with Crippen molar-refractivity contribution < 1.29 is 19.4 Å². The summed E-state index contributed by atoms with van der Waals surface area (Å²) < 4.78 is 9.20. The smallest absolute Gasteiger partial charge is 0.340 e. The summed E-state index contributed by atoms with van der Waals surface area (Å²) >= 11 is 0. The van der Waals surface area contributed by atoms with Gasteiger partial charge < -0.3 is 18.6 Å². The number of hydrogen-bond donors (Lipinski definition) is 1. The van der Waals surface area contributed by atoms with E-state index in [1.165, 1.54) is 0 Å². The van der Waals surface area contributed by atoms with Crippen molar-refractivity contribution in [3.05, 3.63) is 119 Å². The molecule has 164 valence electrons. The number of aromatic nitrogens is 2. The van der Waals surface area contributed by atoms with Gasteiger partial charge >= 0.3 is 11.9 Å². The zero-order valence-corrected chi connectivity index (χ0v) is 18.0. The topological polar surface area (TPSA) is 72.4 Å². The predicted molar refractivity (Wildman–Crippen MR) is 125 cm³/mol. The van der Waals surface area contributed by atoms with Gasteiger partial charge in [-0.2, -0.15) is 0 Å². The molecule has 6 heteroatoms. The molecule has 33 heavy (non-hydrogen) atoms. The Balaban J connectivity index is 1.83. The molecule has 1 unspecified atom stereocenters. The molecule has 0 fully saturated rings. The number of carboxylic acid groups (broad SMARTS) is 1. The molecule has 1 atom stereocenters. The van der Waals surface area contributed by atoms with Crippen LogP contribution in [0.3, 0.4) is 0 Å². The SMILES string of the molecule is CCOC(=O)c1cc(C(c2ccccc2)c2cc(C(=O)O)c3ccccn23)n2ccccc12. The van der Waals surface area contributed by atoms with Crippen LogP contribution in [0, 0.1) is 0 Å². The number of nitrogens with zero attached hydrogens (tertiary/aromatic N) is 2. The summed E-state index contributed by atoms with van der Waals surface area (Å²) in [4.78, 5) is 24.8. The highest BCUT2D eigenvalue weighted by atomic mass is 16.5. The number of fused-ring (bicyclic) bond motifs is 2. The first kappa shape index (κ1) is 20.6. The van der Waals surface area contributed by atoms with E-state index in [9.17, 15) is 14.7 Å². The lowest BCUT2D eigenvalue weighted by molar-refractivity contribution is 0.0528. The minimum atomic E-state index is -0.982. The first-order valence-corrected chi connectivity index (χ1v) is 10.8. The number of hydrogen-bond acceptors (Lipinski definition) is 3. The highest BCUT2D eigenvalue weighted by Crippen LogP contribution is 2.36. The number of rotatable bonds is 6. The van der Waals surface area contributed by atoms with Crippen LogP contribution in [0.15, 0.2) is 91.3 Å². The first-order chi connectivity index (χ1) is 16.1. The van der Waals surface area contributed by atoms with Gasteiger partial charge in [0.15, 0.2) is 0 Å². The molecule has 0 aliphatic carbocycles. The van der Waals surface area contributed by atoms with Crippen LogP contribution in [0.25, 0.3) is 11.0 Å². The third-order valence-electron chi connectivity index (χ3n) is 5.86. The molecule has 0 saturated carbocycles. The zero-order valence-electron chi connectivity index (χ0n) is 18.0. The summed E-state index contributed by atoms with van der Waals surface area (Å²) in [5.74, 6) is -1.69. The second kappa shape index (κ2) is 8.31. The third-order valence-corrected chi connectivity index (χ3v) is 5.86. The maximum absolute atomic E-state index is 12.8. The van der Waals surface area contributed by atoms with Crippen molar-refractivity contribution >= 4 is 23.0 Å². The predicted octanol–water partition coefficient (Wildman–Crippen LogP) is 5.25. The van der Waals surface area contributed by atoms with Crippen molar-refractivity contribution in [3.8, 4) is 0 Å². The molecule has 0 radical (unpaired) electrons. The monoisotopic (exact) mass is 438 g/mol. The van der Waals surface area contributed by atoms with Crippen molar-refractivity contribution in [1.82, 2.24) is 8.80 Å². The molecule has 1 aromatic carbocycles. The van der Waals surface area contributed by atoms with Crippen LogP contribution in [0.2, 0.25) is 0 Å². The molecular formula is C27H22N2O4. The van der Waals surface area contributed by atoms with Gasteiger partial charge in [-0.25, -0.2) is 9.59 Å². The minimum Gasteiger partial charge on any atom is -0.478 e. The number of pyridine rings is 2. The quantitative estimate of drug-likeness (QED) is 0.368. The molecular weight excluding hydrogens is 416 g/mol. The molecule has 0 bridgehead atoms. The number of carbonyl (C=O) groups excluding carboxylic acids is 1. The van der Waals surface area contributed by atoms with E-state index in [4.69, 9.17) is 4.74 Å². The molecule has 0 saturated heterocycles. The van der Waals surface area contributed by atoms with Crippen molar-refractivity contribution in [2.75, 3.05) is 6.61 Å². The third kappa shape index (κ3) is 3.46. The molecule has 4 aromatic heterocycles. The number of ether oxygens (including phenoxy) is 1. The second-order valence-electron chi connectivity index (χ2n) is 7.75. The molecule has 6 nitrogen and oxygen atoms in total. The van der Waals surface area contributed by atoms with Crippen LogP contribution in [0.4, 0.5) is 0 Å². The van der Waals surface area contributed by atoms with Gasteiger partial charge in [-0.1, -0.05) is 42.5 Å². The van der Waals surface area contributed by atoms with E-state index in [1.54, 1.807) is 19.1 Å². The lowest BCUT2D eigenvalue weighted by Crippen LogP contribution is -2.09. The van der Waals surface area contributed by atoms with Gasteiger partial charge in [0.1, 0.15) is 0 Å². The van der Waals surface area contributed by atoms with Crippen LogP contribution >= 0.6 is 0 Å². The molecule has 5 aromatic rings. The Morgan fingerprint density at radius 3 is 1.94 bits per heavy atom. The molecule has 0 aliphatic heterocycles. The number of benzene rings is 1. The van der Waals surface area contributed by atoms with Crippen molar-refractivity contribution in [2.24, 2.45) is 0 Å². The summed E-state index contributed by atoms with van der Waals surface area (Å²) in [6.07, 6.45) is 3.78. The number of carboxylic acids is 1. The highest BCUT2D eigenvalue weighted by molar-refractivity contribution is 5.98. The average molecular weight is 438 g/mol. The highest BCUT2D eigenvalue weighted by Gasteiger charge is 2.28. The van der Waals surface area contributed by atoms with Crippen molar-refractivity contribution in [2.45, 2.75) is 12.8 Å². The van der Waals surface area contributed by atoms with Crippen LogP contribution in [0.5, 0.6) is 0 Å². The number of carbonyl (C=O) groups is 2. The zero-order chi connectivity index (χ0) is 22.9. The van der Waals surface area contributed by atoms with E-state index in [-0.39, 0.29) is 24.1 Å². The molecule has 0 spiro atoms. The van der Waals surface area contributed by atoms with E-state index in [0.29, 0.717) is 11.1 Å². The molecule has 0 aliphatic rings. The molecule has 0 amide bonds. The number of esters is 1. The van der Waals surface area contributed by atoms with Crippen LogP contribution < -0.4 is 0 Å². The Bertz CT molecular complexity index is 1480. The molecule has 1 N–H and O–H groups in total. The summed E-state index contributed by atoms with van der Waals surface area (Å²) in [5, 5.41) is 9.85. The van der Waals surface area contributed by atoms with Gasteiger partial charge in [0.05, 0.1) is 34.7 Å². The number of aromatic carboxylic acids is 1. The lowest BCUT2D eigenvalue weighted by Gasteiger charge is -2.19. The molecule has 4 heterocycles. The minimum absolute atomic E-state index is 0.234. The Kier molecular flexibility index (Phi) is 5.18. The van der Waals surface area contributed by atoms with E-state index in [0.717, 1.165) is 22.5 Å². The van der Waals surface area contributed by atoms with E-state index < -0.39 is 5.97 Å². The Morgan fingerprint density at radius 2 is 1.36 bits per heavy atom. The lowest BCUT2D eigenvalue weighted by atomic mass is 9.92. The van der Waals surface area contributed by atoms with Gasteiger partial charge in [0, 0.05) is 23.8 Å². The van der Waals surface area contributed by atoms with E-state index in [2.05, 4.69) is 0 Å². The van der Waals surface area contributed by atoms with Crippen molar-refractivity contribution in [1.29, 1.82) is 0 Å². The van der Waals surface area contributed by atoms with E-state index in [1.807, 2.05) is 87.9 Å². The van der Waals surface area contributed by atoms with E-state index >= 15 is 0 Å². The summed E-state index contributed by atoms with van der Waals surface area (Å²) in [6, 6.07) is 24.7. The van der Waals surface area contributed by atoms with Gasteiger partial charge in [-0.3, -0.25) is 0 Å².